The van der Waals surface area contributed by atoms with Crippen molar-refractivity contribution in [2.75, 3.05) is 57.5 Å². The van der Waals surface area contributed by atoms with E-state index in [9.17, 15) is 9.90 Å². The minimum absolute atomic E-state index is 0.271. The van der Waals surface area contributed by atoms with Crippen LogP contribution in [0.5, 0.6) is 0 Å². The second-order valence-corrected chi connectivity index (χ2v) is 5.51. The predicted molar refractivity (Wildman–Crippen MR) is 80.3 cm³/mol. The van der Waals surface area contributed by atoms with Crippen LogP contribution in [0.3, 0.4) is 0 Å². The predicted octanol–water partition coefficient (Wildman–Crippen LogP) is 0.449. The summed E-state index contributed by atoms with van der Waals surface area (Å²) >= 11 is 0. The fraction of sp³-hybridized carbons (Fsp3) is 0.600. The molecule has 7 heteroatoms. The number of rotatable bonds is 4. The molecule has 2 fully saturated rings. The first kappa shape index (κ1) is 15.2. The topological polar surface area (TPSA) is 75.1 Å². The Morgan fingerprint density at radius 1 is 1.14 bits per heavy atom. The zero-order valence-corrected chi connectivity index (χ0v) is 12.5. The lowest BCUT2D eigenvalue weighted by Gasteiger charge is -2.29. The van der Waals surface area contributed by atoms with E-state index in [0.29, 0.717) is 38.7 Å². The quantitative estimate of drug-likeness (QED) is 0.865. The second kappa shape index (κ2) is 7.04. The molecule has 0 bridgehead atoms. The lowest BCUT2D eigenvalue weighted by Crippen LogP contribution is -2.38. The molecule has 22 heavy (non-hydrogen) atoms. The maximum absolute atomic E-state index is 11.6. The number of morpholine rings is 2. The molecular formula is C15H21N3O4. The summed E-state index contributed by atoms with van der Waals surface area (Å²) in [6.07, 6.45) is 1.78. The van der Waals surface area contributed by atoms with Gasteiger partial charge >= 0.3 is 5.97 Å². The molecule has 1 aromatic rings. The van der Waals surface area contributed by atoms with Crippen molar-refractivity contribution in [1.29, 1.82) is 0 Å². The van der Waals surface area contributed by atoms with E-state index >= 15 is 0 Å². The Hall–Kier alpha value is -1.70. The van der Waals surface area contributed by atoms with E-state index in [1.54, 1.807) is 12.3 Å². The molecule has 0 unspecified atom stereocenters. The molecule has 120 valence electrons. The average Bonchev–Trinajstić information content (AvgIpc) is 2.56. The Morgan fingerprint density at radius 3 is 2.41 bits per heavy atom. The number of carboxylic acid groups (broad SMARTS) is 1. The lowest BCUT2D eigenvalue weighted by atomic mass is 10.1. The maximum Gasteiger partial charge on any atom is 0.339 e. The molecule has 1 aromatic heterocycles. The van der Waals surface area contributed by atoms with E-state index in [0.717, 1.165) is 31.9 Å². The molecule has 0 amide bonds. The number of hydrogen-bond acceptors (Lipinski definition) is 6. The highest BCUT2D eigenvalue weighted by Crippen LogP contribution is 2.21. The number of carboxylic acids is 1. The highest BCUT2D eigenvalue weighted by atomic mass is 16.5. The van der Waals surface area contributed by atoms with Gasteiger partial charge in [-0.2, -0.15) is 0 Å². The van der Waals surface area contributed by atoms with Crippen LogP contribution in [-0.4, -0.2) is 73.6 Å². The fourth-order valence-corrected chi connectivity index (χ4v) is 2.79. The van der Waals surface area contributed by atoms with Crippen molar-refractivity contribution in [3.63, 3.8) is 0 Å². The number of hydrogen-bond donors (Lipinski definition) is 1. The minimum atomic E-state index is -0.933. The van der Waals surface area contributed by atoms with Gasteiger partial charge in [-0.1, -0.05) is 0 Å². The highest BCUT2D eigenvalue weighted by Gasteiger charge is 2.21. The van der Waals surface area contributed by atoms with Crippen molar-refractivity contribution < 1.29 is 19.4 Å². The van der Waals surface area contributed by atoms with Gasteiger partial charge in [0.2, 0.25) is 0 Å². The van der Waals surface area contributed by atoms with Gasteiger partial charge < -0.3 is 19.5 Å². The van der Waals surface area contributed by atoms with Gasteiger partial charge in [0.05, 0.1) is 26.4 Å². The van der Waals surface area contributed by atoms with Crippen LogP contribution in [0.25, 0.3) is 0 Å². The Balaban J connectivity index is 1.78. The van der Waals surface area contributed by atoms with Crippen LogP contribution in [0.4, 0.5) is 5.82 Å². The van der Waals surface area contributed by atoms with Crippen molar-refractivity contribution in [3.05, 3.63) is 23.4 Å². The first-order chi connectivity index (χ1) is 10.7. The summed E-state index contributed by atoms with van der Waals surface area (Å²) in [6.45, 7) is 6.47. The molecule has 2 aliphatic heterocycles. The van der Waals surface area contributed by atoms with Crippen molar-refractivity contribution in [2.24, 2.45) is 0 Å². The summed E-state index contributed by atoms with van der Waals surface area (Å²) in [4.78, 5) is 20.2. The van der Waals surface area contributed by atoms with Crippen LogP contribution in [0.15, 0.2) is 12.3 Å². The number of pyridine rings is 1. The molecule has 0 spiro atoms. The summed E-state index contributed by atoms with van der Waals surface area (Å²) in [5.74, 6) is -0.389. The number of aromatic carboxylic acids is 1. The van der Waals surface area contributed by atoms with Crippen LogP contribution >= 0.6 is 0 Å². The third kappa shape index (κ3) is 3.55. The van der Waals surface area contributed by atoms with Gasteiger partial charge in [-0.15, -0.1) is 0 Å². The number of aromatic nitrogens is 1. The van der Waals surface area contributed by atoms with Crippen molar-refractivity contribution in [2.45, 2.75) is 6.54 Å². The highest BCUT2D eigenvalue weighted by molar-refractivity contribution is 5.93. The van der Waals surface area contributed by atoms with Gasteiger partial charge in [0.1, 0.15) is 11.4 Å². The molecule has 7 nitrogen and oxygen atoms in total. The van der Waals surface area contributed by atoms with Crippen molar-refractivity contribution >= 4 is 11.8 Å². The molecular weight excluding hydrogens is 286 g/mol. The van der Waals surface area contributed by atoms with Crippen LogP contribution in [0, 0.1) is 0 Å². The lowest BCUT2D eigenvalue weighted by molar-refractivity contribution is 0.0341. The maximum atomic E-state index is 11.6. The van der Waals surface area contributed by atoms with Gasteiger partial charge in [-0.05, 0) is 11.6 Å². The number of carbonyl (C=O) groups is 1. The molecule has 0 aromatic carbocycles. The molecule has 0 aliphatic carbocycles. The molecule has 0 atom stereocenters. The largest absolute Gasteiger partial charge is 0.478 e. The first-order valence-corrected chi connectivity index (χ1v) is 7.59. The molecule has 1 N–H and O–H groups in total. The van der Waals surface area contributed by atoms with Crippen LogP contribution in [0.1, 0.15) is 15.9 Å². The fourth-order valence-electron chi connectivity index (χ4n) is 2.79. The standard InChI is InChI=1S/C15H21N3O4/c19-15(20)13-9-12(11-17-1-5-21-6-2-17)10-16-14(13)18-3-7-22-8-4-18/h9-10H,1-8,11H2,(H,19,20). The normalized spacial score (nSPS) is 20.1. The summed E-state index contributed by atoms with van der Waals surface area (Å²) < 4.78 is 10.6. The van der Waals surface area contributed by atoms with Crippen molar-refractivity contribution in [1.82, 2.24) is 9.88 Å². The Labute approximate surface area is 129 Å². The van der Waals surface area contributed by atoms with Crippen LogP contribution in [-0.2, 0) is 16.0 Å². The van der Waals surface area contributed by atoms with Crippen LogP contribution in [0.2, 0.25) is 0 Å². The van der Waals surface area contributed by atoms with Gasteiger partial charge in [0, 0.05) is 38.9 Å². The SMILES string of the molecule is O=C(O)c1cc(CN2CCOCC2)cnc1N1CCOCC1. The summed E-state index contributed by atoms with van der Waals surface area (Å²) in [5, 5.41) is 9.50. The molecule has 2 saturated heterocycles. The third-order valence-corrected chi connectivity index (χ3v) is 3.97. The summed E-state index contributed by atoms with van der Waals surface area (Å²) in [7, 11) is 0. The monoisotopic (exact) mass is 307 g/mol. The zero-order valence-electron chi connectivity index (χ0n) is 12.5. The van der Waals surface area contributed by atoms with Gasteiger partial charge in [-0.3, -0.25) is 4.90 Å². The molecule has 3 heterocycles. The van der Waals surface area contributed by atoms with Gasteiger partial charge in [-0.25, -0.2) is 9.78 Å². The van der Waals surface area contributed by atoms with E-state index in [2.05, 4.69) is 9.88 Å². The summed E-state index contributed by atoms with van der Waals surface area (Å²) in [6, 6.07) is 1.75. The Morgan fingerprint density at radius 2 is 1.77 bits per heavy atom. The minimum Gasteiger partial charge on any atom is -0.478 e. The third-order valence-electron chi connectivity index (χ3n) is 3.97. The van der Waals surface area contributed by atoms with E-state index in [-0.39, 0.29) is 5.56 Å². The van der Waals surface area contributed by atoms with Gasteiger partial charge in [0.15, 0.2) is 0 Å². The van der Waals surface area contributed by atoms with Crippen LogP contribution < -0.4 is 4.90 Å². The zero-order chi connectivity index (χ0) is 15.4. The van der Waals surface area contributed by atoms with Crippen molar-refractivity contribution in [3.8, 4) is 0 Å². The second-order valence-electron chi connectivity index (χ2n) is 5.51. The molecule has 3 rings (SSSR count). The summed E-state index contributed by atoms with van der Waals surface area (Å²) in [5.41, 5.74) is 1.20. The van der Waals surface area contributed by atoms with E-state index in [4.69, 9.17) is 9.47 Å². The Kier molecular flexibility index (Phi) is 4.87. The van der Waals surface area contributed by atoms with E-state index < -0.39 is 5.97 Å². The van der Waals surface area contributed by atoms with Gasteiger partial charge in [0.25, 0.3) is 0 Å². The average molecular weight is 307 g/mol. The smallest absolute Gasteiger partial charge is 0.339 e. The Bertz CT molecular complexity index is 526. The number of ether oxygens (including phenoxy) is 2. The van der Waals surface area contributed by atoms with E-state index in [1.165, 1.54) is 0 Å². The molecule has 0 saturated carbocycles. The number of nitrogens with zero attached hydrogens (tertiary/aromatic N) is 3. The number of anilines is 1. The molecule has 2 aliphatic rings. The van der Waals surface area contributed by atoms with E-state index in [1.807, 2.05) is 4.90 Å². The first-order valence-electron chi connectivity index (χ1n) is 7.59. The molecule has 0 radical (unpaired) electrons.